The molecule has 1 aromatic heterocycles. The predicted octanol–water partition coefficient (Wildman–Crippen LogP) is 3.47. The van der Waals surface area contributed by atoms with Crippen LogP contribution in [0.1, 0.15) is 25.3 Å². The number of pyridine rings is 1. The molecule has 2 aromatic rings. The number of aromatic nitrogens is 1. The Labute approximate surface area is 159 Å². The van der Waals surface area contributed by atoms with E-state index in [9.17, 15) is 0 Å². The molecule has 2 N–H and O–H groups in total. The van der Waals surface area contributed by atoms with Crippen LogP contribution in [0, 0.1) is 0 Å². The quantitative estimate of drug-likeness (QED) is 0.550. The van der Waals surface area contributed by atoms with Crippen LogP contribution < -0.4 is 15.4 Å². The molecule has 0 radical (unpaired) electrons. The Balaban J connectivity index is 1.51. The van der Waals surface area contributed by atoms with Gasteiger partial charge in [-0.3, -0.25) is 4.99 Å². The first kappa shape index (κ1) is 18.6. The second-order valence-corrected chi connectivity index (χ2v) is 7.82. The fourth-order valence-corrected chi connectivity index (χ4v) is 3.91. The van der Waals surface area contributed by atoms with Gasteiger partial charge in [0, 0.05) is 41.5 Å². The molecule has 138 valence electrons. The third-order valence-electron chi connectivity index (χ3n) is 4.26. The van der Waals surface area contributed by atoms with Gasteiger partial charge in [-0.15, -0.1) is 11.8 Å². The van der Waals surface area contributed by atoms with Gasteiger partial charge < -0.3 is 15.4 Å². The molecule has 1 heterocycles. The van der Waals surface area contributed by atoms with Crippen LogP contribution in [0.4, 0.5) is 0 Å². The molecule has 6 heteroatoms. The van der Waals surface area contributed by atoms with E-state index in [1.54, 1.807) is 13.2 Å². The van der Waals surface area contributed by atoms with Crippen LogP contribution in [-0.4, -0.2) is 35.9 Å². The van der Waals surface area contributed by atoms with Crippen molar-refractivity contribution in [2.24, 2.45) is 4.99 Å². The number of hydrogen-bond acceptors (Lipinski definition) is 4. The van der Waals surface area contributed by atoms with E-state index in [0.717, 1.165) is 18.1 Å². The van der Waals surface area contributed by atoms with Crippen LogP contribution in [0.3, 0.4) is 0 Å². The molecule has 1 aliphatic carbocycles. The third kappa shape index (κ3) is 5.14. The van der Waals surface area contributed by atoms with Crippen molar-refractivity contribution in [3.63, 3.8) is 0 Å². The number of hydrogen-bond donors (Lipinski definition) is 2. The van der Waals surface area contributed by atoms with Crippen molar-refractivity contribution in [2.45, 2.75) is 36.0 Å². The number of ether oxygens (including phenoxy) is 1. The molecular weight excluding hydrogens is 344 g/mol. The normalized spacial score (nSPS) is 15.4. The Morgan fingerprint density at radius 1 is 1.19 bits per heavy atom. The third-order valence-corrected chi connectivity index (χ3v) is 5.76. The number of rotatable bonds is 8. The summed E-state index contributed by atoms with van der Waals surface area (Å²) in [6.45, 7) is 4.10. The molecule has 0 aliphatic heterocycles. The summed E-state index contributed by atoms with van der Waals surface area (Å²) in [7, 11) is 1.80. The molecule has 1 saturated carbocycles. The van der Waals surface area contributed by atoms with Crippen molar-refractivity contribution in [2.75, 3.05) is 20.2 Å². The topological polar surface area (TPSA) is 58.5 Å². The number of guanidine groups is 1. The Morgan fingerprint density at radius 3 is 2.69 bits per heavy atom. The molecular formula is C20H26N4OS. The molecule has 0 spiro atoms. The zero-order chi connectivity index (χ0) is 18.2. The summed E-state index contributed by atoms with van der Waals surface area (Å²) in [5.74, 6) is 1.48. The summed E-state index contributed by atoms with van der Waals surface area (Å²) in [5.41, 5.74) is 1.03. The van der Waals surface area contributed by atoms with Crippen LogP contribution in [0.2, 0.25) is 0 Å². The van der Waals surface area contributed by atoms with Crippen LogP contribution in [0.15, 0.2) is 58.5 Å². The minimum atomic E-state index is 0.282. The lowest BCUT2D eigenvalue weighted by Crippen LogP contribution is -2.40. The standard InChI is InChI=1S/C20H26N4OS/c1-3-25-18-16(8-7-13-22-18)14-23-19(21-2)24-15-20(11-12-20)26-17-9-5-4-6-10-17/h4-10,13H,3,11-12,14-15H2,1-2H3,(H2,21,23,24). The van der Waals surface area contributed by atoms with Crippen LogP contribution in [0.25, 0.3) is 0 Å². The van der Waals surface area contributed by atoms with Crippen LogP contribution >= 0.6 is 11.8 Å². The fraction of sp³-hybridized carbons (Fsp3) is 0.400. The van der Waals surface area contributed by atoms with Gasteiger partial charge in [0.1, 0.15) is 0 Å². The second-order valence-electron chi connectivity index (χ2n) is 6.28. The summed E-state index contributed by atoms with van der Waals surface area (Å²) >= 11 is 1.96. The van der Waals surface area contributed by atoms with Gasteiger partial charge in [-0.1, -0.05) is 24.3 Å². The van der Waals surface area contributed by atoms with Gasteiger partial charge in [0.15, 0.2) is 5.96 Å². The van der Waals surface area contributed by atoms with E-state index in [1.165, 1.54) is 17.7 Å². The van der Waals surface area contributed by atoms with Gasteiger partial charge in [-0.25, -0.2) is 4.98 Å². The van der Waals surface area contributed by atoms with E-state index >= 15 is 0 Å². The monoisotopic (exact) mass is 370 g/mol. The SMILES string of the molecule is CCOc1ncccc1CNC(=NC)NCC1(Sc2ccccc2)CC1. The highest BCUT2D eigenvalue weighted by atomic mass is 32.2. The number of nitrogens with zero attached hydrogens (tertiary/aromatic N) is 2. The first-order valence-corrected chi connectivity index (χ1v) is 9.81. The summed E-state index contributed by atoms with van der Waals surface area (Å²) in [5, 5.41) is 6.83. The van der Waals surface area contributed by atoms with Gasteiger partial charge in [-0.05, 0) is 38.0 Å². The maximum atomic E-state index is 5.58. The maximum absolute atomic E-state index is 5.58. The summed E-state index contributed by atoms with van der Waals surface area (Å²) < 4.78 is 5.86. The van der Waals surface area contributed by atoms with Gasteiger partial charge >= 0.3 is 0 Å². The molecule has 26 heavy (non-hydrogen) atoms. The first-order valence-electron chi connectivity index (χ1n) is 9.00. The van der Waals surface area contributed by atoms with Crippen molar-refractivity contribution >= 4 is 17.7 Å². The van der Waals surface area contributed by atoms with Gasteiger partial charge in [0.2, 0.25) is 5.88 Å². The molecule has 0 saturated heterocycles. The van der Waals surface area contributed by atoms with Crippen molar-refractivity contribution in [3.8, 4) is 5.88 Å². The Morgan fingerprint density at radius 2 is 2.00 bits per heavy atom. The highest BCUT2D eigenvalue weighted by Crippen LogP contribution is 2.51. The summed E-state index contributed by atoms with van der Waals surface area (Å²) in [6.07, 6.45) is 4.21. The number of aliphatic imine (C=N–C) groups is 1. The smallest absolute Gasteiger partial charge is 0.218 e. The van der Waals surface area contributed by atoms with Crippen LogP contribution in [0.5, 0.6) is 5.88 Å². The molecule has 5 nitrogen and oxygen atoms in total. The molecule has 0 atom stereocenters. The van der Waals surface area contributed by atoms with E-state index < -0.39 is 0 Å². The minimum absolute atomic E-state index is 0.282. The average Bonchev–Trinajstić information content (AvgIpc) is 3.43. The fourth-order valence-electron chi connectivity index (χ4n) is 2.66. The lowest BCUT2D eigenvalue weighted by Gasteiger charge is -2.18. The Hall–Kier alpha value is -2.21. The predicted molar refractivity (Wildman–Crippen MR) is 108 cm³/mol. The molecule has 0 unspecified atom stereocenters. The zero-order valence-corrected chi connectivity index (χ0v) is 16.2. The zero-order valence-electron chi connectivity index (χ0n) is 15.4. The maximum Gasteiger partial charge on any atom is 0.218 e. The number of thioether (sulfide) groups is 1. The van der Waals surface area contributed by atoms with E-state index in [1.807, 2.05) is 30.8 Å². The second kappa shape index (κ2) is 8.94. The van der Waals surface area contributed by atoms with E-state index in [-0.39, 0.29) is 4.75 Å². The highest BCUT2D eigenvalue weighted by Gasteiger charge is 2.43. The Bertz CT molecular complexity index is 732. The molecule has 1 aliphatic rings. The van der Waals surface area contributed by atoms with Crippen molar-refractivity contribution in [3.05, 3.63) is 54.2 Å². The van der Waals surface area contributed by atoms with E-state index in [2.05, 4.69) is 50.9 Å². The van der Waals surface area contributed by atoms with Crippen molar-refractivity contribution in [1.29, 1.82) is 0 Å². The van der Waals surface area contributed by atoms with E-state index in [0.29, 0.717) is 19.0 Å². The molecule has 0 bridgehead atoms. The van der Waals surface area contributed by atoms with Crippen molar-refractivity contribution < 1.29 is 4.74 Å². The molecule has 1 aromatic carbocycles. The van der Waals surface area contributed by atoms with Gasteiger partial charge in [-0.2, -0.15) is 0 Å². The average molecular weight is 371 g/mol. The molecule has 1 fully saturated rings. The lowest BCUT2D eigenvalue weighted by molar-refractivity contribution is 0.322. The van der Waals surface area contributed by atoms with Crippen LogP contribution in [-0.2, 0) is 6.54 Å². The van der Waals surface area contributed by atoms with Gasteiger partial charge in [0.25, 0.3) is 0 Å². The highest BCUT2D eigenvalue weighted by molar-refractivity contribution is 8.01. The summed E-state index contributed by atoms with van der Waals surface area (Å²) in [6, 6.07) is 14.5. The van der Waals surface area contributed by atoms with Gasteiger partial charge in [0.05, 0.1) is 6.61 Å². The largest absolute Gasteiger partial charge is 0.478 e. The molecule has 3 rings (SSSR count). The lowest BCUT2D eigenvalue weighted by atomic mass is 10.2. The number of benzene rings is 1. The number of nitrogens with one attached hydrogen (secondary N) is 2. The first-order chi connectivity index (χ1) is 12.7. The van der Waals surface area contributed by atoms with Crippen molar-refractivity contribution in [1.82, 2.24) is 15.6 Å². The Kier molecular flexibility index (Phi) is 6.39. The van der Waals surface area contributed by atoms with E-state index in [4.69, 9.17) is 4.74 Å². The summed E-state index contributed by atoms with van der Waals surface area (Å²) in [4.78, 5) is 9.95. The minimum Gasteiger partial charge on any atom is -0.478 e. The molecule has 0 amide bonds.